The van der Waals surface area contributed by atoms with Gasteiger partial charge in [-0.25, -0.2) is 9.97 Å². The highest BCUT2D eigenvalue weighted by Gasteiger charge is 2.34. The standard InChI is InChI=1S/C29H33ClN4O/c30-26-12-6-20(21-7-13-27-25(16-21)29(32-18-31-27)33-23-8-9-23)15-22(26)17-34(24-10-11-24)28(35)14-19-4-2-1-3-5-19/h6-7,12-13,15-16,18-19,23-24H,1-5,8-11,14,17H2,(H,31,32,33). The summed E-state index contributed by atoms with van der Waals surface area (Å²) < 4.78 is 0. The van der Waals surface area contributed by atoms with Gasteiger partial charge in [0.05, 0.1) is 5.52 Å². The Morgan fingerprint density at radius 3 is 2.49 bits per heavy atom. The van der Waals surface area contributed by atoms with E-state index in [0.29, 0.717) is 36.9 Å². The van der Waals surface area contributed by atoms with Crippen molar-refractivity contribution in [2.45, 2.75) is 82.8 Å². The molecule has 3 aliphatic rings. The number of carbonyl (C=O) groups excluding carboxylic acids is 1. The van der Waals surface area contributed by atoms with Crippen molar-refractivity contribution < 1.29 is 4.79 Å². The summed E-state index contributed by atoms with van der Waals surface area (Å²) in [5, 5.41) is 5.30. The lowest BCUT2D eigenvalue weighted by Gasteiger charge is -2.27. The lowest BCUT2D eigenvalue weighted by Crippen LogP contribution is -2.34. The molecule has 1 heterocycles. The zero-order chi connectivity index (χ0) is 23.8. The van der Waals surface area contributed by atoms with Crippen LogP contribution in [0.3, 0.4) is 0 Å². The second-order valence-electron chi connectivity index (χ2n) is 10.6. The van der Waals surface area contributed by atoms with E-state index >= 15 is 0 Å². The molecule has 5 nitrogen and oxygen atoms in total. The number of halogens is 1. The third kappa shape index (κ3) is 5.30. The Hall–Kier alpha value is -2.66. The molecule has 3 fully saturated rings. The fourth-order valence-electron chi connectivity index (χ4n) is 5.39. The van der Waals surface area contributed by atoms with Crippen molar-refractivity contribution >= 4 is 34.2 Å². The number of anilines is 1. The van der Waals surface area contributed by atoms with E-state index in [1.165, 1.54) is 44.9 Å². The lowest BCUT2D eigenvalue weighted by molar-refractivity contribution is -0.133. The van der Waals surface area contributed by atoms with Gasteiger partial charge in [-0.3, -0.25) is 4.79 Å². The van der Waals surface area contributed by atoms with Crippen molar-refractivity contribution in [3.8, 4) is 11.1 Å². The van der Waals surface area contributed by atoms with E-state index in [0.717, 1.165) is 51.3 Å². The van der Waals surface area contributed by atoms with Crippen LogP contribution in [-0.4, -0.2) is 32.9 Å². The molecule has 1 N–H and O–H groups in total. The second kappa shape index (κ2) is 9.77. The zero-order valence-corrected chi connectivity index (χ0v) is 20.9. The number of carbonyl (C=O) groups is 1. The predicted octanol–water partition coefficient (Wildman–Crippen LogP) is 6.99. The number of nitrogens with one attached hydrogen (secondary N) is 1. The normalized spacial score (nSPS) is 18.5. The van der Waals surface area contributed by atoms with Gasteiger partial charge in [0.25, 0.3) is 0 Å². The Balaban J connectivity index is 1.25. The number of hydrogen-bond acceptors (Lipinski definition) is 4. The summed E-state index contributed by atoms with van der Waals surface area (Å²) in [5.74, 6) is 1.76. The summed E-state index contributed by atoms with van der Waals surface area (Å²) in [7, 11) is 0. The molecule has 35 heavy (non-hydrogen) atoms. The van der Waals surface area contributed by atoms with Crippen molar-refractivity contribution in [2.24, 2.45) is 5.92 Å². The Morgan fingerprint density at radius 2 is 1.71 bits per heavy atom. The average Bonchev–Trinajstić information content (AvgIpc) is 3.80. The first-order valence-corrected chi connectivity index (χ1v) is 13.6. The molecule has 0 aliphatic heterocycles. The van der Waals surface area contributed by atoms with Crippen LogP contribution in [0, 0.1) is 5.92 Å². The van der Waals surface area contributed by atoms with E-state index in [4.69, 9.17) is 11.6 Å². The topological polar surface area (TPSA) is 58.1 Å². The minimum atomic E-state index is 0.305. The van der Waals surface area contributed by atoms with Gasteiger partial charge in [0.2, 0.25) is 5.91 Å². The Bertz CT molecular complexity index is 1230. The SMILES string of the molecule is O=C(CC1CCCCC1)N(Cc1cc(-c2ccc3ncnc(NC4CC4)c3c2)ccc1Cl)C1CC1. The van der Waals surface area contributed by atoms with Crippen molar-refractivity contribution in [3.05, 3.63) is 53.3 Å². The van der Waals surface area contributed by atoms with Crippen LogP contribution in [0.25, 0.3) is 22.0 Å². The quantitative estimate of drug-likeness (QED) is 0.371. The van der Waals surface area contributed by atoms with Crippen molar-refractivity contribution in [1.82, 2.24) is 14.9 Å². The van der Waals surface area contributed by atoms with Crippen LogP contribution < -0.4 is 5.32 Å². The van der Waals surface area contributed by atoms with Gasteiger partial charge < -0.3 is 10.2 Å². The van der Waals surface area contributed by atoms with E-state index in [9.17, 15) is 4.79 Å². The maximum atomic E-state index is 13.3. The monoisotopic (exact) mass is 488 g/mol. The molecule has 2 aromatic carbocycles. The fraction of sp³-hybridized carbons (Fsp3) is 0.483. The number of hydrogen-bond donors (Lipinski definition) is 1. The zero-order valence-electron chi connectivity index (χ0n) is 20.2. The van der Waals surface area contributed by atoms with E-state index in [1.807, 2.05) is 6.07 Å². The molecule has 0 bridgehead atoms. The van der Waals surface area contributed by atoms with Crippen LogP contribution in [0.15, 0.2) is 42.7 Å². The molecule has 0 unspecified atom stereocenters. The van der Waals surface area contributed by atoms with E-state index in [1.54, 1.807) is 6.33 Å². The van der Waals surface area contributed by atoms with Crippen molar-refractivity contribution in [1.29, 1.82) is 0 Å². The molecule has 1 amide bonds. The van der Waals surface area contributed by atoms with Crippen LogP contribution in [0.4, 0.5) is 5.82 Å². The Morgan fingerprint density at radius 1 is 0.943 bits per heavy atom. The maximum Gasteiger partial charge on any atom is 0.223 e. The number of fused-ring (bicyclic) bond motifs is 1. The van der Waals surface area contributed by atoms with E-state index in [2.05, 4.69) is 50.5 Å². The number of rotatable bonds is 8. The largest absolute Gasteiger partial charge is 0.367 e. The van der Waals surface area contributed by atoms with Gasteiger partial charge in [-0.2, -0.15) is 0 Å². The average molecular weight is 489 g/mol. The number of aromatic nitrogens is 2. The number of nitrogens with zero attached hydrogens (tertiary/aromatic N) is 3. The lowest BCUT2D eigenvalue weighted by atomic mass is 9.86. The molecule has 3 saturated carbocycles. The van der Waals surface area contributed by atoms with Gasteiger partial charge in [0, 0.05) is 35.5 Å². The van der Waals surface area contributed by atoms with E-state index < -0.39 is 0 Å². The smallest absolute Gasteiger partial charge is 0.223 e. The molecule has 3 aliphatic carbocycles. The summed E-state index contributed by atoms with van der Waals surface area (Å²) >= 11 is 6.67. The Kier molecular flexibility index (Phi) is 6.36. The highest BCUT2D eigenvalue weighted by Crippen LogP contribution is 2.35. The first-order valence-electron chi connectivity index (χ1n) is 13.2. The molecule has 6 heteroatoms. The molecule has 6 rings (SSSR count). The van der Waals surface area contributed by atoms with Crippen LogP contribution in [0.2, 0.25) is 5.02 Å². The predicted molar refractivity (Wildman–Crippen MR) is 141 cm³/mol. The first-order chi connectivity index (χ1) is 17.1. The molecule has 1 aromatic heterocycles. The van der Waals surface area contributed by atoms with Gasteiger partial charge in [-0.05, 0) is 85.4 Å². The third-order valence-corrected chi connectivity index (χ3v) is 8.14. The van der Waals surface area contributed by atoms with Gasteiger partial charge in [0.15, 0.2) is 0 Å². The molecule has 0 atom stereocenters. The third-order valence-electron chi connectivity index (χ3n) is 7.77. The van der Waals surface area contributed by atoms with Crippen LogP contribution in [0.1, 0.15) is 69.8 Å². The minimum absolute atomic E-state index is 0.305. The van der Waals surface area contributed by atoms with Crippen LogP contribution in [-0.2, 0) is 11.3 Å². The van der Waals surface area contributed by atoms with E-state index in [-0.39, 0.29) is 0 Å². The highest BCUT2D eigenvalue weighted by atomic mass is 35.5. The van der Waals surface area contributed by atoms with Gasteiger partial charge in [0.1, 0.15) is 12.1 Å². The van der Waals surface area contributed by atoms with Gasteiger partial charge in [-0.1, -0.05) is 43.0 Å². The number of benzene rings is 2. The molecular weight excluding hydrogens is 456 g/mol. The highest BCUT2D eigenvalue weighted by molar-refractivity contribution is 6.31. The second-order valence-corrected chi connectivity index (χ2v) is 11.0. The summed E-state index contributed by atoms with van der Waals surface area (Å²) in [4.78, 5) is 24.4. The Labute approximate surface area is 212 Å². The molecule has 0 spiro atoms. The molecular formula is C29H33ClN4O. The summed E-state index contributed by atoms with van der Waals surface area (Å²) in [6.45, 7) is 0.591. The van der Waals surface area contributed by atoms with Gasteiger partial charge in [-0.15, -0.1) is 0 Å². The van der Waals surface area contributed by atoms with Crippen molar-refractivity contribution in [2.75, 3.05) is 5.32 Å². The molecule has 182 valence electrons. The fourth-order valence-corrected chi connectivity index (χ4v) is 5.57. The number of amides is 1. The van der Waals surface area contributed by atoms with Crippen molar-refractivity contribution in [3.63, 3.8) is 0 Å². The first kappa shape index (κ1) is 22.8. The maximum absolute atomic E-state index is 13.3. The summed E-state index contributed by atoms with van der Waals surface area (Å²) in [5.41, 5.74) is 4.17. The van der Waals surface area contributed by atoms with Crippen LogP contribution in [0.5, 0.6) is 0 Å². The summed E-state index contributed by atoms with van der Waals surface area (Å²) in [6.07, 6.45) is 13.2. The molecule has 0 radical (unpaired) electrons. The minimum Gasteiger partial charge on any atom is -0.367 e. The van der Waals surface area contributed by atoms with Gasteiger partial charge >= 0.3 is 0 Å². The van der Waals surface area contributed by atoms with Crippen LogP contribution >= 0.6 is 11.6 Å². The molecule has 3 aromatic rings. The summed E-state index contributed by atoms with van der Waals surface area (Å²) in [6, 6.07) is 13.4. The molecule has 0 saturated heterocycles.